The number of amides is 2. The number of benzene rings is 1. The number of halogens is 2. The van der Waals surface area contributed by atoms with Gasteiger partial charge in [0, 0.05) is 32.2 Å². The van der Waals surface area contributed by atoms with Gasteiger partial charge in [-0.05, 0) is 24.6 Å². The lowest BCUT2D eigenvalue weighted by molar-refractivity contribution is -0.123. The van der Waals surface area contributed by atoms with E-state index >= 15 is 0 Å². The molecule has 0 aromatic heterocycles. The molecule has 1 N–H and O–H groups in total. The highest BCUT2D eigenvalue weighted by Crippen LogP contribution is 2.29. The first-order chi connectivity index (χ1) is 9.95. The van der Waals surface area contributed by atoms with E-state index in [0.717, 1.165) is 0 Å². The number of hydrogen-bond acceptors (Lipinski definition) is 3. The average Bonchev–Trinajstić information content (AvgIpc) is 2.43. The minimum absolute atomic E-state index is 0.109. The van der Waals surface area contributed by atoms with Crippen molar-refractivity contribution >= 4 is 40.7 Å². The first kappa shape index (κ1) is 17.8. The molecule has 0 aliphatic heterocycles. The molecule has 0 aliphatic rings. The zero-order chi connectivity index (χ0) is 15.8. The Labute approximate surface area is 134 Å². The highest BCUT2D eigenvalue weighted by molar-refractivity contribution is 6.35. The van der Waals surface area contributed by atoms with Crippen LogP contribution in [0.1, 0.15) is 13.3 Å². The summed E-state index contributed by atoms with van der Waals surface area (Å²) >= 11 is 12.0. The van der Waals surface area contributed by atoms with Gasteiger partial charge >= 0.3 is 0 Å². The first-order valence-corrected chi connectivity index (χ1v) is 7.20. The van der Waals surface area contributed by atoms with Crippen LogP contribution in [0.3, 0.4) is 0 Å². The summed E-state index contributed by atoms with van der Waals surface area (Å²) in [5.41, 5.74) is 0.420. The summed E-state index contributed by atoms with van der Waals surface area (Å²) in [4.78, 5) is 24.9. The fraction of sp³-hybridized carbons (Fsp3) is 0.429. The van der Waals surface area contributed by atoms with Crippen LogP contribution in [-0.4, -0.2) is 38.6 Å². The average molecular weight is 333 g/mol. The summed E-state index contributed by atoms with van der Waals surface area (Å²) in [5, 5.41) is 3.53. The highest BCUT2D eigenvalue weighted by Gasteiger charge is 2.18. The second-order valence-corrected chi connectivity index (χ2v) is 5.24. The summed E-state index contributed by atoms with van der Waals surface area (Å²) in [6, 6.07) is 4.77. The third kappa shape index (κ3) is 5.91. The third-order valence-electron chi connectivity index (χ3n) is 2.73. The van der Waals surface area contributed by atoms with Gasteiger partial charge in [0.05, 0.1) is 10.7 Å². The Balaban J connectivity index is 2.72. The van der Waals surface area contributed by atoms with Crippen molar-refractivity contribution in [2.24, 2.45) is 0 Å². The van der Waals surface area contributed by atoms with Crippen molar-refractivity contribution < 1.29 is 14.3 Å². The Bertz CT molecular complexity index is 509. The maximum absolute atomic E-state index is 11.9. The van der Waals surface area contributed by atoms with Crippen LogP contribution in [0.5, 0.6) is 0 Å². The molecule has 1 rings (SSSR count). The molecule has 5 nitrogen and oxygen atoms in total. The van der Waals surface area contributed by atoms with Crippen molar-refractivity contribution in [1.29, 1.82) is 0 Å². The van der Waals surface area contributed by atoms with Crippen LogP contribution in [-0.2, 0) is 14.3 Å². The molecule has 1 aromatic rings. The van der Waals surface area contributed by atoms with E-state index in [9.17, 15) is 9.59 Å². The minimum atomic E-state index is -0.286. The van der Waals surface area contributed by atoms with E-state index in [1.54, 1.807) is 25.3 Å². The molecule has 7 heteroatoms. The van der Waals surface area contributed by atoms with Crippen molar-refractivity contribution in [3.05, 3.63) is 28.2 Å². The SMILES string of the molecule is COCCCNC(=O)CN(C(C)=O)c1cc(Cl)ccc1Cl. The number of rotatable bonds is 7. The minimum Gasteiger partial charge on any atom is -0.385 e. The lowest BCUT2D eigenvalue weighted by Crippen LogP contribution is -2.40. The fourth-order valence-electron chi connectivity index (χ4n) is 1.70. The Hall–Kier alpha value is -1.30. The Kier molecular flexibility index (Phi) is 7.50. The molecular weight excluding hydrogens is 315 g/mol. The van der Waals surface area contributed by atoms with Gasteiger partial charge in [0.25, 0.3) is 0 Å². The van der Waals surface area contributed by atoms with Crippen LogP contribution in [0, 0.1) is 0 Å². The molecule has 0 aliphatic carbocycles. The van der Waals surface area contributed by atoms with Crippen molar-refractivity contribution in [3.63, 3.8) is 0 Å². The van der Waals surface area contributed by atoms with Gasteiger partial charge in [-0.15, -0.1) is 0 Å². The molecule has 0 atom stereocenters. The predicted molar refractivity (Wildman–Crippen MR) is 84.0 cm³/mol. The van der Waals surface area contributed by atoms with Crippen molar-refractivity contribution in [2.45, 2.75) is 13.3 Å². The van der Waals surface area contributed by atoms with Crippen molar-refractivity contribution in [1.82, 2.24) is 5.32 Å². The van der Waals surface area contributed by atoms with E-state index < -0.39 is 0 Å². The largest absolute Gasteiger partial charge is 0.385 e. The van der Waals surface area contributed by atoms with Crippen molar-refractivity contribution in [2.75, 3.05) is 31.7 Å². The van der Waals surface area contributed by atoms with E-state index in [-0.39, 0.29) is 18.4 Å². The summed E-state index contributed by atoms with van der Waals surface area (Å²) in [5.74, 6) is -0.552. The van der Waals surface area contributed by atoms with E-state index in [1.165, 1.54) is 11.8 Å². The van der Waals surface area contributed by atoms with Gasteiger partial charge in [0.2, 0.25) is 11.8 Å². The van der Waals surface area contributed by atoms with E-state index in [0.29, 0.717) is 35.3 Å². The van der Waals surface area contributed by atoms with E-state index in [1.807, 2.05) is 0 Å². The maximum atomic E-state index is 11.9. The zero-order valence-electron chi connectivity index (χ0n) is 12.0. The Morgan fingerprint density at radius 3 is 2.67 bits per heavy atom. The second kappa shape index (κ2) is 8.87. The molecule has 0 radical (unpaired) electrons. The normalized spacial score (nSPS) is 10.3. The van der Waals surface area contributed by atoms with Gasteiger partial charge in [-0.2, -0.15) is 0 Å². The number of ether oxygens (including phenoxy) is 1. The van der Waals surface area contributed by atoms with Crippen LogP contribution in [0.4, 0.5) is 5.69 Å². The van der Waals surface area contributed by atoms with Gasteiger partial charge in [-0.3, -0.25) is 9.59 Å². The highest BCUT2D eigenvalue weighted by atomic mass is 35.5. The molecule has 0 unspecified atom stereocenters. The monoisotopic (exact) mass is 332 g/mol. The molecular formula is C14H18Cl2N2O3. The van der Waals surface area contributed by atoms with Crippen LogP contribution >= 0.6 is 23.2 Å². The van der Waals surface area contributed by atoms with Crippen LogP contribution in [0.15, 0.2) is 18.2 Å². The Morgan fingerprint density at radius 1 is 1.33 bits per heavy atom. The smallest absolute Gasteiger partial charge is 0.240 e. The molecule has 0 bridgehead atoms. The molecule has 0 heterocycles. The van der Waals surface area contributed by atoms with E-state index in [2.05, 4.69) is 5.32 Å². The summed E-state index contributed by atoms with van der Waals surface area (Å²) in [7, 11) is 1.60. The van der Waals surface area contributed by atoms with Crippen LogP contribution in [0.2, 0.25) is 10.0 Å². The zero-order valence-corrected chi connectivity index (χ0v) is 13.5. The van der Waals surface area contributed by atoms with Gasteiger partial charge < -0.3 is 15.0 Å². The maximum Gasteiger partial charge on any atom is 0.240 e. The van der Waals surface area contributed by atoms with Crippen LogP contribution in [0.25, 0.3) is 0 Å². The predicted octanol–water partition coefficient (Wildman–Crippen LogP) is 2.50. The number of anilines is 1. The number of carbonyl (C=O) groups excluding carboxylic acids is 2. The third-order valence-corrected chi connectivity index (χ3v) is 3.28. The molecule has 2 amide bonds. The quantitative estimate of drug-likeness (QED) is 0.780. The molecule has 0 fully saturated rings. The number of nitrogens with one attached hydrogen (secondary N) is 1. The van der Waals surface area contributed by atoms with Crippen LogP contribution < -0.4 is 10.2 Å². The molecule has 0 spiro atoms. The summed E-state index contributed by atoms with van der Waals surface area (Å²) in [6.07, 6.45) is 0.709. The lowest BCUT2D eigenvalue weighted by atomic mass is 10.2. The standard InChI is InChI=1S/C14H18Cl2N2O3/c1-10(19)18(9-14(20)17-6-3-7-21-2)13-8-11(15)4-5-12(13)16/h4-5,8H,3,6-7,9H2,1-2H3,(H,17,20). The summed E-state index contributed by atoms with van der Waals surface area (Å²) in [6.45, 7) is 2.32. The number of methoxy groups -OCH3 is 1. The number of nitrogens with zero attached hydrogens (tertiary/aromatic N) is 1. The van der Waals surface area contributed by atoms with Gasteiger partial charge in [0.1, 0.15) is 6.54 Å². The van der Waals surface area contributed by atoms with Gasteiger partial charge in [-0.1, -0.05) is 23.2 Å². The first-order valence-electron chi connectivity index (χ1n) is 6.44. The van der Waals surface area contributed by atoms with Crippen molar-refractivity contribution in [3.8, 4) is 0 Å². The molecule has 0 saturated heterocycles. The molecule has 0 saturated carbocycles. The lowest BCUT2D eigenvalue weighted by Gasteiger charge is -2.22. The van der Waals surface area contributed by atoms with Gasteiger partial charge in [0.15, 0.2) is 0 Å². The molecule has 116 valence electrons. The number of hydrogen-bond donors (Lipinski definition) is 1. The molecule has 1 aromatic carbocycles. The Morgan fingerprint density at radius 2 is 2.05 bits per heavy atom. The fourth-order valence-corrected chi connectivity index (χ4v) is 2.09. The van der Waals surface area contributed by atoms with E-state index in [4.69, 9.17) is 27.9 Å². The topological polar surface area (TPSA) is 58.6 Å². The number of carbonyl (C=O) groups is 2. The summed E-state index contributed by atoms with van der Waals surface area (Å²) < 4.78 is 4.89. The molecule has 21 heavy (non-hydrogen) atoms. The second-order valence-electron chi connectivity index (χ2n) is 4.40. The van der Waals surface area contributed by atoms with Gasteiger partial charge in [-0.25, -0.2) is 0 Å².